The van der Waals surface area contributed by atoms with Crippen LogP contribution < -0.4 is 0 Å². The zero-order valence-electron chi connectivity index (χ0n) is 12.6. The molecule has 0 saturated carbocycles. The van der Waals surface area contributed by atoms with Gasteiger partial charge in [-0.15, -0.1) is 11.3 Å². The van der Waals surface area contributed by atoms with Crippen LogP contribution in [0.5, 0.6) is 0 Å². The van der Waals surface area contributed by atoms with Crippen molar-refractivity contribution in [2.24, 2.45) is 0 Å². The minimum atomic E-state index is 0.888. The quantitative estimate of drug-likeness (QED) is 0.723. The molecule has 0 spiro atoms. The van der Waals surface area contributed by atoms with Crippen molar-refractivity contribution in [3.05, 3.63) is 51.7 Å². The Labute approximate surface area is 139 Å². The van der Waals surface area contributed by atoms with E-state index in [2.05, 4.69) is 39.7 Å². The molecule has 3 nitrogen and oxygen atoms in total. The molecule has 5 heteroatoms. The van der Waals surface area contributed by atoms with Crippen molar-refractivity contribution in [1.29, 1.82) is 0 Å². The van der Waals surface area contributed by atoms with Gasteiger partial charge in [-0.05, 0) is 42.8 Å². The first-order valence-corrected chi connectivity index (χ1v) is 8.78. The summed E-state index contributed by atoms with van der Waals surface area (Å²) in [4.78, 5) is 7.82. The van der Waals surface area contributed by atoms with E-state index in [0.29, 0.717) is 0 Å². The standard InChI is InChI=1S/C17H18ClN3S/c1-20-8-5-15-14(11-20)13-10-16(18)22-17(13)21(15)9-4-12-2-6-19-7-3-12/h2-3,6-7,10H,4-5,8-9,11H2,1H3. The maximum atomic E-state index is 6.28. The highest BCUT2D eigenvalue weighted by Crippen LogP contribution is 2.38. The minimum absolute atomic E-state index is 0.888. The van der Waals surface area contributed by atoms with E-state index < -0.39 is 0 Å². The number of halogens is 1. The maximum absolute atomic E-state index is 6.28. The lowest BCUT2D eigenvalue weighted by Gasteiger charge is -2.24. The molecular formula is C17H18ClN3S. The molecule has 0 aliphatic carbocycles. The summed E-state index contributed by atoms with van der Waals surface area (Å²) in [6.45, 7) is 3.17. The maximum Gasteiger partial charge on any atom is 0.104 e. The number of aryl methyl sites for hydroxylation is 2. The van der Waals surface area contributed by atoms with Gasteiger partial charge in [0.2, 0.25) is 0 Å². The molecular weight excluding hydrogens is 314 g/mol. The number of thiophene rings is 1. The Balaban J connectivity index is 1.73. The molecule has 1 aliphatic rings. The molecule has 0 unspecified atom stereocenters. The number of likely N-dealkylation sites (N-methyl/N-ethyl adjacent to an activating group) is 1. The second-order valence-corrected chi connectivity index (χ2v) is 7.60. The minimum Gasteiger partial charge on any atom is -0.336 e. The molecule has 0 fully saturated rings. The molecule has 1 aliphatic heterocycles. The zero-order chi connectivity index (χ0) is 15.1. The molecule has 114 valence electrons. The van der Waals surface area contributed by atoms with E-state index in [9.17, 15) is 0 Å². The lowest BCUT2D eigenvalue weighted by molar-refractivity contribution is 0.309. The molecule has 4 rings (SSSR count). The van der Waals surface area contributed by atoms with Gasteiger partial charge in [0.1, 0.15) is 4.83 Å². The lowest BCUT2D eigenvalue weighted by atomic mass is 10.1. The van der Waals surface area contributed by atoms with Crippen LogP contribution in [0, 0.1) is 0 Å². The Morgan fingerprint density at radius 2 is 2.14 bits per heavy atom. The highest BCUT2D eigenvalue weighted by atomic mass is 35.5. The molecule has 0 N–H and O–H groups in total. The molecule has 0 aromatic carbocycles. The summed E-state index contributed by atoms with van der Waals surface area (Å²) < 4.78 is 3.38. The van der Waals surface area contributed by atoms with Gasteiger partial charge < -0.3 is 9.47 Å². The van der Waals surface area contributed by atoms with Crippen LogP contribution in [0.1, 0.15) is 16.8 Å². The van der Waals surface area contributed by atoms with Crippen molar-refractivity contribution < 1.29 is 0 Å². The van der Waals surface area contributed by atoms with Gasteiger partial charge in [0.25, 0.3) is 0 Å². The van der Waals surface area contributed by atoms with Gasteiger partial charge in [-0.1, -0.05) is 11.6 Å². The summed E-state index contributed by atoms with van der Waals surface area (Å²) in [5.74, 6) is 0. The van der Waals surface area contributed by atoms with E-state index in [1.54, 1.807) is 11.3 Å². The van der Waals surface area contributed by atoms with Crippen LogP contribution in [-0.4, -0.2) is 28.0 Å². The summed E-state index contributed by atoms with van der Waals surface area (Å²) in [5.41, 5.74) is 4.31. The lowest BCUT2D eigenvalue weighted by Crippen LogP contribution is -2.27. The number of hydrogen-bond donors (Lipinski definition) is 0. The topological polar surface area (TPSA) is 21.1 Å². The van der Waals surface area contributed by atoms with Gasteiger partial charge in [0.15, 0.2) is 0 Å². The molecule has 3 aromatic heterocycles. The first kappa shape index (κ1) is 14.2. The summed E-state index contributed by atoms with van der Waals surface area (Å²) in [6.07, 6.45) is 5.89. The van der Waals surface area contributed by atoms with E-state index in [-0.39, 0.29) is 0 Å². The Kier molecular flexibility index (Phi) is 3.68. The van der Waals surface area contributed by atoms with Crippen LogP contribution in [0.15, 0.2) is 30.6 Å². The van der Waals surface area contributed by atoms with Gasteiger partial charge >= 0.3 is 0 Å². The van der Waals surface area contributed by atoms with Crippen LogP contribution in [0.3, 0.4) is 0 Å². The number of hydrogen-bond acceptors (Lipinski definition) is 3. The Morgan fingerprint density at radius 3 is 2.95 bits per heavy atom. The largest absolute Gasteiger partial charge is 0.336 e. The van der Waals surface area contributed by atoms with E-state index in [4.69, 9.17) is 11.6 Å². The first-order valence-electron chi connectivity index (χ1n) is 7.59. The average molecular weight is 332 g/mol. The number of fused-ring (bicyclic) bond motifs is 3. The van der Waals surface area contributed by atoms with Crippen LogP contribution in [0.4, 0.5) is 0 Å². The zero-order valence-corrected chi connectivity index (χ0v) is 14.1. The Morgan fingerprint density at radius 1 is 1.32 bits per heavy atom. The van der Waals surface area contributed by atoms with E-state index >= 15 is 0 Å². The third-order valence-electron chi connectivity index (χ3n) is 4.46. The Hall–Kier alpha value is -1.36. The smallest absolute Gasteiger partial charge is 0.104 e. The molecule has 0 bridgehead atoms. The normalized spacial score (nSPS) is 15.4. The molecule has 3 aromatic rings. The van der Waals surface area contributed by atoms with Crippen LogP contribution in [0.2, 0.25) is 4.34 Å². The van der Waals surface area contributed by atoms with E-state index in [0.717, 1.165) is 36.8 Å². The highest BCUT2D eigenvalue weighted by molar-refractivity contribution is 7.22. The summed E-state index contributed by atoms with van der Waals surface area (Å²) in [6, 6.07) is 6.34. The molecule has 4 heterocycles. The molecule has 0 atom stereocenters. The molecule has 0 amide bonds. The van der Waals surface area contributed by atoms with Gasteiger partial charge in [-0.25, -0.2) is 0 Å². The monoisotopic (exact) mass is 331 g/mol. The third kappa shape index (κ3) is 2.45. The second-order valence-electron chi connectivity index (χ2n) is 5.94. The van der Waals surface area contributed by atoms with E-state index in [1.807, 2.05) is 12.4 Å². The summed E-state index contributed by atoms with van der Waals surface area (Å²) in [5, 5.41) is 1.35. The summed E-state index contributed by atoms with van der Waals surface area (Å²) in [7, 11) is 2.19. The van der Waals surface area contributed by atoms with Gasteiger partial charge in [-0.3, -0.25) is 4.98 Å². The Bertz CT molecular complexity index is 806. The van der Waals surface area contributed by atoms with E-state index in [1.165, 1.54) is 27.0 Å². The fraction of sp³-hybridized carbons (Fsp3) is 0.353. The number of nitrogens with zero attached hydrogens (tertiary/aromatic N) is 3. The van der Waals surface area contributed by atoms with Gasteiger partial charge in [0, 0.05) is 49.5 Å². The van der Waals surface area contributed by atoms with Crippen LogP contribution in [0.25, 0.3) is 10.2 Å². The molecule has 0 radical (unpaired) electrons. The number of pyridine rings is 1. The van der Waals surface area contributed by atoms with Crippen LogP contribution >= 0.6 is 22.9 Å². The SMILES string of the molecule is CN1CCc2c(c3cc(Cl)sc3n2CCc2ccncc2)C1. The van der Waals surface area contributed by atoms with Crippen molar-refractivity contribution >= 4 is 33.2 Å². The van der Waals surface area contributed by atoms with Crippen molar-refractivity contribution in [1.82, 2.24) is 14.5 Å². The van der Waals surface area contributed by atoms with Crippen LogP contribution in [-0.2, 0) is 25.9 Å². The predicted molar refractivity (Wildman–Crippen MR) is 92.8 cm³/mol. The first-order chi connectivity index (χ1) is 10.7. The number of aromatic nitrogens is 2. The summed E-state index contributed by atoms with van der Waals surface area (Å²) >= 11 is 7.98. The van der Waals surface area contributed by atoms with Crippen molar-refractivity contribution in [3.8, 4) is 0 Å². The molecule has 0 saturated heterocycles. The fourth-order valence-corrected chi connectivity index (χ4v) is 4.64. The van der Waals surface area contributed by atoms with Crippen molar-refractivity contribution in [3.63, 3.8) is 0 Å². The highest BCUT2D eigenvalue weighted by Gasteiger charge is 2.23. The third-order valence-corrected chi connectivity index (χ3v) is 5.75. The van der Waals surface area contributed by atoms with Crippen molar-refractivity contribution in [2.45, 2.75) is 25.9 Å². The average Bonchev–Trinajstić information content (AvgIpc) is 3.02. The number of rotatable bonds is 3. The second kappa shape index (κ2) is 5.69. The predicted octanol–water partition coefficient (Wildman–Crippen LogP) is 3.98. The van der Waals surface area contributed by atoms with Crippen molar-refractivity contribution in [2.75, 3.05) is 13.6 Å². The van der Waals surface area contributed by atoms with Gasteiger partial charge in [0.05, 0.1) is 4.34 Å². The fourth-order valence-electron chi connectivity index (χ4n) is 3.34. The van der Waals surface area contributed by atoms with Gasteiger partial charge in [-0.2, -0.15) is 0 Å². The molecule has 22 heavy (non-hydrogen) atoms.